The van der Waals surface area contributed by atoms with Crippen LogP contribution in [0.15, 0.2) is 35.2 Å². The molecule has 0 aliphatic carbocycles. The molecule has 120 valence electrons. The van der Waals surface area contributed by atoms with Crippen LogP contribution >= 0.6 is 23.1 Å². The Labute approximate surface area is 140 Å². The molecule has 2 heterocycles. The summed E-state index contributed by atoms with van der Waals surface area (Å²) >= 11 is 2.80. The molecule has 0 bridgehead atoms. The lowest BCUT2D eigenvalue weighted by Crippen LogP contribution is -2.12. The monoisotopic (exact) mass is 350 g/mol. The number of pyridine rings is 1. The Balaban J connectivity index is 1.94. The van der Waals surface area contributed by atoms with Gasteiger partial charge in [-0.2, -0.15) is 4.39 Å². The third-order valence-corrected chi connectivity index (χ3v) is 5.36. The first kappa shape index (κ1) is 16.1. The van der Waals surface area contributed by atoms with E-state index in [4.69, 9.17) is 15.9 Å². The number of nitrogen functional groups attached to an aromatic ring is 1. The van der Waals surface area contributed by atoms with Crippen LogP contribution in [0.1, 0.15) is 0 Å². The van der Waals surface area contributed by atoms with Crippen LogP contribution in [-0.4, -0.2) is 38.6 Å². The first-order valence-corrected chi connectivity index (χ1v) is 8.51. The topological polar surface area (TPSA) is 92.3 Å². The minimum atomic E-state index is -0.702. The standard InChI is InChI=1S/C15H14FN3O2S2/c16-14-10(17)2-4-12(18-14)15-19-11-3-1-8(5-13(11)23-15)22-9(6-20)7-21/h1-5,9,20-21H,6-7,17H2/i16-1. The average Bonchev–Trinajstić information content (AvgIpc) is 2.98. The van der Waals surface area contributed by atoms with E-state index in [1.165, 1.54) is 29.2 Å². The highest BCUT2D eigenvalue weighted by molar-refractivity contribution is 8.00. The van der Waals surface area contributed by atoms with Crippen molar-refractivity contribution >= 4 is 39.0 Å². The van der Waals surface area contributed by atoms with Crippen molar-refractivity contribution in [3.8, 4) is 10.7 Å². The lowest BCUT2D eigenvalue weighted by atomic mass is 10.3. The first-order valence-electron chi connectivity index (χ1n) is 6.82. The molecule has 0 spiro atoms. The number of aromatic nitrogens is 2. The second-order valence-electron chi connectivity index (χ2n) is 4.83. The van der Waals surface area contributed by atoms with Gasteiger partial charge in [0.05, 0.1) is 34.4 Å². The molecule has 3 aromatic rings. The third kappa shape index (κ3) is 3.45. The van der Waals surface area contributed by atoms with E-state index in [1.807, 2.05) is 18.2 Å². The number of thioether (sulfide) groups is 1. The lowest BCUT2D eigenvalue weighted by molar-refractivity contribution is 0.228. The van der Waals surface area contributed by atoms with Gasteiger partial charge in [-0.15, -0.1) is 23.1 Å². The molecule has 0 aliphatic heterocycles. The summed E-state index contributed by atoms with van der Waals surface area (Å²) in [7, 11) is 0. The molecule has 0 radical (unpaired) electrons. The summed E-state index contributed by atoms with van der Waals surface area (Å²) in [5.41, 5.74) is 6.67. The van der Waals surface area contributed by atoms with Gasteiger partial charge in [0.2, 0.25) is 5.95 Å². The van der Waals surface area contributed by atoms with Crippen molar-refractivity contribution in [2.24, 2.45) is 0 Å². The number of fused-ring (bicyclic) bond motifs is 1. The Morgan fingerprint density at radius 3 is 2.65 bits per heavy atom. The number of hydrogen-bond donors (Lipinski definition) is 3. The second kappa shape index (κ2) is 6.79. The van der Waals surface area contributed by atoms with E-state index < -0.39 is 5.95 Å². The molecule has 2 aromatic heterocycles. The largest absolute Gasteiger partial charge is 0.395 e. The van der Waals surface area contributed by atoms with E-state index >= 15 is 0 Å². The maximum atomic E-state index is 13.5. The summed E-state index contributed by atoms with van der Waals surface area (Å²) in [6.07, 6.45) is 0. The number of thiazole rings is 1. The predicted octanol–water partition coefficient (Wildman–Crippen LogP) is 2.52. The SMILES string of the molecule is Nc1ccc(-c2nc3ccc(SC(CO)CO)cc3s2)nc1[18F]. The summed E-state index contributed by atoms with van der Waals surface area (Å²) in [5, 5.41) is 18.7. The molecule has 0 atom stereocenters. The van der Waals surface area contributed by atoms with E-state index in [0.29, 0.717) is 10.7 Å². The van der Waals surface area contributed by atoms with E-state index in [1.54, 1.807) is 6.07 Å². The summed E-state index contributed by atoms with van der Waals surface area (Å²) in [4.78, 5) is 9.20. The van der Waals surface area contributed by atoms with E-state index in [9.17, 15) is 4.39 Å². The number of benzene rings is 1. The minimum absolute atomic E-state index is 0.00703. The van der Waals surface area contributed by atoms with Gasteiger partial charge in [0.25, 0.3) is 0 Å². The highest BCUT2D eigenvalue weighted by atomic mass is 32.2. The number of aliphatic hydroxyl groups is 2. The Morgan fingerprint density at radius 1 is 1.17 bits per heavy atom. The maximum Gasteiger partial charge on any atom is 0.236 e. The molecule has 0 unspecified atom stereocenters. The number of anilines is 1. The molecule has 8 heteroatoms. The Morgan fingerprint density at radius 2 is 1.96 bits per heavy atom. The molecule has 3 rings (SSSR count). The first-order chi connectivity index (χ1) is 11.1. The van der Waals surface area contributed by atoms with Crippen molar-refractivity contribution < 1.29 is 14.6 Å². The van der Waals surface area contributed by atoms with Gasteiger partial charge in [-0.3, -0.25) is 0 Å². The van der Waals surface area contributed by atoms with Crippen LogP contribution in [-0.2, 0) is 0 Å². The zero-order valence-corrected chi connectivity index (χ0v) is 13.6. The molecule has 5 nitrogen and oxygen atoms in total. The average molecular weight is 350 g/mol. The number of nitrogens with zero attached hydrogens (tertiary/aromatic N) is 2. The van der Waals surface area contributed by atoms with Gasteiger partial charge in [0.15, 0.2) is 0 Å². The van der Waals surface area contributed by atoms with Crippen LogP contribution in [0.2, 0.25) is 0 Å². The van der Waals surface area contributed by atoms with Crippen molar-refractivity contribution in [1.82, 2.24) is 9.97 Å². The Bertz CT molecular complexity index is 837. The quantitative estimate of drug-likeness (QED) is 0.484. The van der Waals surface area contributed by atoms with Crippen molar-refractivity contribution in [1.29, 1.82) is 0 Å². The van der Waals surface area contributed by atoms with Crippen molar-refractivity contribution in [2.75, 3.05) is 18.9 Å². The van der Waals surface area contributed by atoms with Crippen LogP contribution in [0.25, 0.3) is 20.9 Å². The van der Waals surface area contributed by atoms with Crippen molar-refractivity contribution in [2.45, 2.75) is 10.1 Å². The Kier molecular flexibility index (Phi) is 4.76. The number of halogens is 1. The van der Waals surface area contributed by atoms with Crippen molar-refractivity contribution in [3.63, 3.8) is 0 Å². The molecule has 0 amide bonds. The molecule has 0 saturated carbocycles. The van der Waals surface area contributed by atoms with Gasteiger partial charge in [-0.1, -0.05) is 0 Å². The predicted molar refractivity (Wildman–Crippen MR) is 91.0 cm³/mol. The smallest absolute Gasteiger partial charge is 0.236 e. The number of rotatable bonds is 5. The fraction of sp³-hybridized carbons (Fsp3) is 0.200. The van der Waals surface area contributed by atoms with Crippen LogP contribution in [0.5, 0.6) is 0 Å². The van der Waals surface area contributed by atoms with Gasteiger partial charge in [-0.25, -0.2) is 9.97 Å². The summed E-state index contributed by atoms with van der Waals surface area (Å²) in [6, 6.07) is 8.79. The number of hydrogen-bond acceptors (Lipinski definition) is 7. The summed E-state index contributed by atoms with van der Waals surface area (Å²) in [6.45, 7) is -0.191. The van der Waals surface area contributed by atoms with Crippen LogP contribution in [0, 0.1) is 5.95 Å². The van der Waals surface area contributed by atoms with E-state index in [2.05, 4.69) is 9.97 Å². The molecule has 1 aromatic carbocycles. The van der Waals surface area contributed by atoms with Gasteiger partial charge < -0.3 is 15.9 Å². The van der Waals surface area contributed by atoms with Gasteiger partial charge in [-0.05, 0) is 30.3 Å². The third-order valence-electron chi connectivity index (χ3n) is 3.17. The molecule has 4 N–H and O–H groups in total. The molecule has 0 saturated heterocycles. The number of aliphatic hydroxyl groups excluding tert-OH is 2. The second-order valence-corrected chi connectivity index (χ2v) is 7.23. The molecular weight excluding hydrogens is 336 g/mol. The van der Waals surface area contributed by atoms with E-state index in [-0.39, 0.29) is 24.2 Å². The van der Waals surface area contributed by atoms with Gasteiger partial charge in [0, 0.05) is 4.90 Å². The number of nitrogens with two attached hydrogens (primary N) is 1. The summed E-state index contributed by atoms with van der Waals surface area (Å²) in [5.74, 6) is -0.702. The van der Waals surface area contributed by atoms with Crippen molar-refractivity contribution in [3.05, 3.63) is 36.3 Å². The highest BCUT2D eigenvalue weighted by Gasteiger charge is 2.12. The normalized spacial score (nSPS) is 11.5. The maximum absolute atomic E-state index is 13.5. The summed E-state index contributed by atoms with van der Waals surface area (Å²) < 4.78 is 14.4. The fourth-order valence-electron chi connectivity index (χ4n) is 1.98. The molecule has 23 heavy (non-hydrogen) atoms. The van der Waals surface area contributed by atoms with Gasteiger partial charge in [0.1, 0.15) is 10.7 Å². The zero-order valence-electron chi connectivity index (χ0n) is 11.9. The van der Waals surface area contributed by atoms with E-state index in [0.717, 1.165) is 15.1 Å². The molecule has 0 fully saturated rings. The Hall–Kier alpha value is -1.74. The van der Waals surface area contributed by atoms with Crippen LogP contribution < -0.4 is 5.73 Å². The lowest BCUT2D eigenvalue weighted by Gasteiger charge is -2.09. The van der Waals surface area contributed by atoms with Gasteiger partial charge >= 0.3 is 0 Å². The van der Waals surface area contributed by atoms with Crippen LogP contribution in [0.4, 0.5) is 10.1 Å². The molecule has 0 aliphatic rings. The minimum Gasteiger partial charge on any atom is -0.395 e. The highest BCUT2D eigenvalue weighted by Crippen LogP contribution is 2.33. The molecular formula is C15H14FN3O2S2. The fourth-order valence-corrected chi connectivity index (χ4v) is 3.89. The van der Waals surface area contributed by atoms with Crippen LogP contribution in [0.3, 0.4) is 0 Å². The zero-order chi connectivity index (χ0) is 16.4.